The van der Waals surface area contributed by atoms with Gasteiger partial charge < -0.3 is 10.6 Å². The van der Waals surface area contributed by atoms with Crippen LogP contribution in [0.1, 0.15) is 45.1 Å². The van der Waals surface area contributed by atoms with Crippen LogP contribution in [0.4, 0.5) is 4.39 Å². The molecule has 0 aromatic heterocycles. The van der Waals surface area contributed by atoms with Crippen LogP contribution >= 0.6 is 24.0 Å². The van der Waals surface area contributed by atoms with Crippen molar-refractivity contribution in [1.29, 1.82) is 0 Å². The summed E-state index contributed by atoms with van der Waals surface area (Å²) in [6.07, 6.45) is 4.09. The third-order valence-corrected chi connectivity index (χ3v) is 6.07. The number of nitrogens with one attached hydrogen (secondary N) is 2. The van der Waals surface area contributed by atoms with Crippen molar-refractivity contribution in [3.63, 3.8) is 0 Å². The van der Waals surface area contributed by atoms with Crippen LogP contribution < -0.4 is 10.6 Å². The number of guanidine groups is 1. The standard InChI is InChI=1S/C18H28FN3OS.HI/c1-3-20-18(21-13-14-8-5-6-11-17(14)19)22-15-9-7-10-16(12-15)24(23)4-2;/h5-6,8,11,15-16H,3-4,7,9-10,12-13H2,1-2H3,(H2,20,21,22);1H. The molecule has 3 unspecified atom stereocenters. The molecular formula is C18H29FIN3OS. The third-order valence-electron chi connectivity index (χ3n) is 4.33. The van der Waals surface area contributed by atoms with Crippen LogP contribution in [-0.2, 0) is 17.3 Å². The molecule has 1 fully saturated rings. The number of benzene rings is 1. The topological polar surface area (TPSA) is 53.5 Å². The highest BCUT2D eigenvalue weighted by Gasteiger charge is 2.26. The molecule has 0 radical (unpaired) electrons. The number of rotatable bonds is 6. The van der Waals surface area contributed by atoms with E-state index in [-0.39, 0.29) is 41.1 Å². The van der Waals surface area contributed by atoms with Crippen molar-refractivity contribution in [2.45, 2.75) is 57.4 Å². The van der Waals surface area contributed by atoms with E-state index in [1.807, 2.05) is 19.9 Å². The van der Waals surface area contributed by atoms with Crippen molar-refractivity contribution in [2.24, 2.45) is 4.99 Å². The van der Waals surface area contributed by atoms with Crippen LogP contribution in [0, 0.1) is 5.82 Å². The van der Waals surface area contributed by atoms with Crippen LogP contribution in [0.25, 0.3) is 0 Å². The first kappa shape index (κ1) is 22.3. The van der Waals surface area contributed by atoms with Gasteiger partial charge in [0.2, 0.25) is 0 Å². The van der Waals surface area contributed by atoms with Gasteiger partial charge in [-0.25, -0.2) is 9.38 Å². The molecule has 0 heterocycles. The van der Waals surface area contributed by atoms with Crippen LogP contribution in [-0.4, -0.2) is 33.8 Å². The zero-order chi connectivity index (χ0) is 17.4. The third kappa shape index (κ3) is 7.21. The van der Waals surface area contributed by atoms with Crippen LogP contribution in [0.2, 0.25) is 0 Å². The zero-order valence-corrected chi connectivity index (χ0v) is 18.1. The molecule has 7 heteroatoms. The second-order valence-electron chi connectivity index (χ2n) is 6.09. The summed E-state index contributed by atoms with van der Waals surface area (Å²) in [7, 11) is -0.739. The molecule has 2 rings (SSSR count). The molecule has 142 valence electrons. The van der Waals surface area contributed by atoms with Gasteiger partial charge in [-0.3, -0.25) is 4.21 Å². The van der Waals surface area contributed by atoms with Gasteiger partial charge in [0.1, 0.15) is 5.82 Å². The van der Waals surface area contributed by atoms with Crippen molar-refractivity contribution in [1.82, 2.24) is 10.6 Å². The molecule has 0 bridgehead atoms. The molecule has 0 spiro atoms. The molecule has 1 saturated carbocycles. The molecule has 1 aromatic rings. The number of aliphatic imine (C=N–C) groups is 1. The summed E-state index contributed by atoms with van der Waals surface area (Å²) in [5.41, 5.74) is 0.586. The van der Waals surface area contributed by atoms with Crippen molar-refractivity contribution >= 4 is 40.7 Å². The van der Waals surface area contributed by atoms with E-state index < -0.39 is 10.8 Å². The maximum Gasteiger partial charge on any atom is 0.191 e. The van der Waals surface area contributed by atoms with Crippen molar-refractivity contribution in [3.05, 3.63) is 35.6 Å². The first-order chi connectivity index (χ1) is 11.6. The van der Waals surface area contributed by atoms with E-state index in [1.165, 1.54) is 6.07 Å². The molecular weight excluding hydrogens is 452 g/mol. The summed E-state index contributed by atoms with van der Waals surface area (Å²) in [4.78, 5) is 4.51. The Kier molecular flexibility index (Phi) is 10.6. The highest BCUT2D eigenvalue weighted by atomic mass is 127. The van der Waals surface area contributed by atoms with E-state index >= 15 is 0 Å². The normalized spacial score (nSPS) is 22.0. The van der Waals surface area contributed by atoms with Crippen LogP contribution in [0.15, 0.2) is 29.3 Å². The van der Waals surface area contributed by atoms with Gasteiger partial charge in [0, 0.05) is 40.0 Å². The summed E-state index contributed by atoms with van der Waals surface area (Å²) in [6.45, 7) is 5.04. The molecule has 3 atom stereocenters. The van der Waals surface area contributed by atoms with Crippen molar-refractivity contribution in [3.8, 4) is 0 Å². The van der Waals surface area contributed by atoms with Gasteiger partial charge in [-0.05, 0) is 32.3 Å². The molecule has 0 amide bonds. The molecule has 2 N–H and O–H groups in total. The first-order valence-corrected chi connectivity index (χ1v) is 10.2. The lowest BCUT2D eigenvalue weighted by Crippen LogP contribution is -2.46. The van der Waals surface area contributed by atoms with E-state index in [9.17, 15) is 8.60 Å². The largest absolute Gasteiger partial charge is 0.357 e. The van der Waals surface area contributed by atoms with Crippen molar-refractivity contribution in [2.75, 3.05) is 12.3 Å². The van der Waals surface area contributed by atoms with Gasteiger partial charge >= 0.3 is 0 Å². The highest BCUT2D eigenvalue weighted by molar-refractivity contribution is 14.0. The minimum atomic E-state index is -0.739. The maximum atomic E-state index is 13.7. The summed E-state index contributed by atoms with van der Waals surface area (Å²) >= 11 is 0. The number of hydrogen-bond donors (Lipinski definition) is 2. The average Bonchev–Trinajstić information content (AvgIpc) is 2.60. The summed E-state index contributed by atoms with van der Waals surface area (Å²) < 4.78 is 25.8. The average molecular weight is 481 g/mol. The van der Waals surface area contributed by atoms with Crippen LogP contribution in [0.5, 0.6) is 0 Å². The Hall–Kier alpha value is -0.700. The molecule has 4 nitrogen and oxygen atoms in total. The highest BCUT2D eigenvalue weighted by Crippen LogP contribution is 2.23. The quantitative estimate of drug-likeness (QED) is 0.371. The van der Waals surface area contributed by atoms with Gasteiger partial charge in [0.25, 0.3) is 0 Å². The number of hydrogen-bond acceptors (Lipinski definition) is 2. The van der Waals surface area contributed by atoms with Gasteiger partial charge in [-0.15, -0.1) is 24.0 Å². The summed E-state index contributed by atoms with van der Waals surface area (Å²) in [5.74, 6) is 1.19. The minimum absolute atomic E-state index is 0. The lowest BCUT2D eigenvalue weighted by Gasteiger charge is -2.30. The Balaban J connectivity index is 0.00000312. The zero-order valence-electron chi connectivity index (χ0n) is 15.0. The molecule has 1 aromatic carbocycles. The molecule has 0 aliphatic heterocycles. The van der Waals surface area contributed by atoms with Crippen molar-refractivity contribution < 1.29 is 8.60 Å². The molecule has 1 aliphatic rings. The van der Waals surface area contributed by atoms with Gasteiger partial charge in [-0.1, -0.05) is 31.5 Å². The monoisotopic (exact) mass is 481 g/mol. The SMILES string of the molecule is CCNC(=NCc1ccccc1F)NC1CCCC(S(=O)CC)C1.I. The lowest BCUT2D eigenvalue weighted by atomic mass is 9.95. The fraction of sp³-hybridized carbons (Fsp3) is 0.611. The fourth-order valence-electron chi connectivity index (χ4n) is 3.05. The van der Waals surface area contributed by atoms with E-state index in [2.05, 4.69) is 15.6 Å². The first-order valence-electron chi connectivity index (χ1n) is 8.79. The Morgan fingerprint density at radius 1 is 1.32 bits per heavy atom. The van der Waals surface area contributed by atoms with Gasteiger partial charge in [0.05, 0.1) is 6.54 Å². The Morgan fingerprint density at radius 2 is 2.08 bits per heavy atom. The van der Waals surface area contributed by atoms with Gasteiger partial charge in [-0.2, -0.15) is 0 Å². The smallest absolute Gasteiger partial charge is 0.191 e. The predicted octanol–water partition coefficient (Wildman–Crippen LogP) is 3.58. The Morgan fingerprint density at radius 3 is 2.76 bits per heavy atom. The second kappa shape index (κ2) is 11.8. The van der Waals surface area contributed by atoms with E-state index in [1.54, 1.807) is 12.1 Å². The number of nitrogens with zero attached hydrogens (tertiary/aromatic N) is 1. The van der Waals surface area contributed by atoms with E-state index in [4.69, 9.17) is 0 Å². The fourth-order valence-corrected chi connectivity index (χ4v) is 4.40. The molecule has 0 saturated heterocycles. The second-order valence-corrected chi connectivity index (χ2v) is 8.09. The predicted molar refractivity (Wildman–Crippen MR) is 114 cm³/mol. The van der Waals surface area contributed by atoms with E-state index in [0.717, 1.165) is 38.0 Å². The minimum Gasteiger partial charge on any atom is -0.357 e. The van der Waals surface area contributed by atoms with Crippen LogP contribution in [0.3, 0.4) is 0 Å². The van der Waals surface area contributed by atoms with E-state index in [0.29, 0.717) is 18.1 Å². The summed E-state index contributed by atoms with van der Waals surface area (Å²) in [5, 5.41) is 6.93. The maximum absolute atomic E-state index is 13.7. The Labute approximate surface area is 169 Å². The lowest BCUT2D eigenvalue weighted by molar-refractivity contribution is 0.413. The van der Waals surface area contributed by atoms with Gasteiger partial charge in [0.15, 0.2) is 5.96 Å². The Bertz CT molecular complexity index is 585. The molecule has 25 heavy (non-hydrogen) atoms. The summed E-state index contributed by atoms with van der Waals surface area (Å²) in [6, 6.07) is 6.99. The number of halogens is 2. The molecule has 1 aliphatic carbocycles.